The molecule has 0 aliphatic carbocycles. The van der Waals surface area contributed by atoms with Crippen LogP contribution in [-0.2, 0) is 16.4 Å². The minimum Gasteiger partial charge on any atom is -0.366 e. The maximum atomic E-state index is 12.7. The van der Waals surface area contributed by atoms with E-state index in [4.69, 9.17) is 5.73 Å². The molecule has 1 aliphatic rings. The first-order valence-electron chi connectivity index (χ1n) is 6.50. The molecule has 0 spiro atoms. The molecule has 1 aliphatic heterocycles. The van der Waals surface area contributed by atoms with Crippen molar-refractivity contribution < 1.29 is 13.2 Å². The van der Waals surface area contributed by atoms with Gasteiger partial charge < -0.3 is 5.73 Å². The third kappa shape index (κ3) is 2.27. The smallest absolute Gasteiger partial charge is 0.264 e. The molecule has 6 heteroatoms. The number of amides is 1. The lowest BCUT2D eigenvalue weighted by Crippen LogP contribution is -2.29. The van der Waals surface area contributed by atoms with E-state index in [0.717, 1.165) is 5.56 Å². The first kappa shape index (κ1) is 13.6. The van der Waals surface area contributed by atoms with Crippen LogP contribution >= 0.6 is 0 Å². The summed E-state index contributed by atoms with van der Waals surface area (Å²) in [6.45, 7) is 0.370. The van der Waals surface area contributed by atoms with Gasteiger partial charge in [0.05, 0.1) is 10.6 Å². The molecule has 0 bridgehead atoms. The Bertz CT molecular complexity index is 801. The fraction of sp³-hybridized carbons (Fsp3) is 0.133. The number of hydrogen-bond donors (Lipinski definition) is 1. The average Bonchev–Trinajstić information content (AvgIpc) is 2.91. The van der Waals surface area contributed by atoms with Crippen molar-refractivity contribution in [2.24, 2.45) is 5.73 Å². The van der Waals surface area contributed by atoms with E-state index in [1.54, 1.807) is 48.5 Å². The van der Waals surface area contributed by atoms with Crippen molar-refractivity contribution in [1.82, 2.24) is 0 Å². The molecule has 3 rings (SSSR count). The molecular weight excluding hydrogens is 288 g/mol. The lowest BCUT2D eigenvalue weighted by molar-refractivity contribution is 0.1000. The van der Waals surface area contributed by atoms with Gasteiger partial charge in [0.1, 0.15) is 0 Å². The summed E-state index contributed by atoms with van der Waals surface area (Å²) in [5, 5.41) is 0. The summed E-state index contributed by atoms with van der Waals surface area (Å²) < 4.78 is 26.7. The summed E-state index contributed by atoms with van der Waals surface area (Å²) in [4.78, 5) is 11.5. The van der Waals surface area contributed by atoms with Crippen LogP contribution in [0.4, 0.5) is 5.69 Å². The summed E-state index contributed by atoms with van der Waals surface area (Å²) >= 11 is 0. The number of anilines is 1. The molecule has 0 saturated carbocycles. The van der Waals surface area contributed by atoms with E-state index in [2.05, 4.69) is 0 Å². The van der Waals surface area contributed by atoms with Gasteiger partial charge in [-0.05, 0) is 42.3 Å². The summed E-state index contributed by atoms with van der Waals surface area (Å²) in [5.74, 6) is -0.512. The third-order valence-electron chi connectivity index (χ3n) is 3.55. The minimum atomic E-state index is -3.57. The number of rotatable bonds is 3. The predicted octanol–water partition coefficient (Wildman–Crippen LogP) is 1.54. The Balaban J connectivity index is 2.04. The highest BCUT2D eigenvalue weighted by Gasteiger charge is 2.30. The van der Waals surface area contributed by atoms with Gasteiger partial charge in [-0.15, -0.1) is 0 Å². The van der Waals surface area contributed by atoms with E-state index in [0.29, 0.717) is 24.2 Å². The SMILES string of the molecule is NC(=O)c1ccc2c(c1)CCN2S(=O)(=O)c1ccccc1. The van der Waals surface area contributed by atoms with Crippen LogP contribution in [0.2, 0.25) is 0 Å². The Kier molecular flexibility index (Phi) is 3.17. The standard InChI is InChI=1S/C15H14N2O3S/c16-15(18)12-6-7-14-11(10-12)8-9-17(14)21(19,20)13-4-2-1-3-5-13/h1-7,10H,8-9H2,(H2,16,18). The predicted molar refractivity (Wildman–Crippen MR) is 79.6 cm³/mol. The molecule has 5 nitrogen and oxygen atoms in total. The van der Waals surface area contributed by atoms with E-state index < -0.39 is 15.9 Å². The Morgan fingerprint density at radius 1 is 1.10 bits per heavy atom. The zero-order chi connectivity index (χ0) is 15.0. The molecule has 1 heterocycles. The molecule has 0 saturated heterocycles. The van der Waals surface area contributed by atoms with E-state index >= 15 is 0 Å². The monoisotopic (exact) mass is 302 g/mol. The number of nitrogens with zero attached hydrogens (tertiary/aromatic N) is 1. The van der Waals surface area contributed by atoms with Gasteiger partial charge in [0.15, 0.2) is 0 Å². The van der Waals surface area contributed by atoms with Crippen LogP contribution in [0.25, 0.3) is 0 Å². The zero-order valence-corrected chi connectivity index (χ0v) is 12.0. The van der Waals surface area contributed by atoms with Crippen molar-refractivity contribution in [3.63, 3.8) is 0 Å². The Morgan fingerprint density at radius 3 is 2.48 bits per heavy atom. The zero-order valence-electron chi connectivity index (χ0n) is 11.2. The Hall–Kier alpha value is -2.34. The second-order valence-corrected chi connectivity index (χ2v) is 6.71. The van der Waals surface area contributed by atoms with Gasteiger partial charge in [0.25, 0.3) is 10.0 Å². The van der Waals surface area contributed by atoms with Crippen LogP contribution in [0.5, 0.6) is 0 Å². The fourth-order valence-corrected chi connectivity index (χ4v) is 4.02. The number of benzene rings is 2. The molecule has 2 N–H and O–H groups in total. The van der Waals surface area contributed by atoms with Crippen molar-refractivity contribution >= 4 is 21.6 Å². The fourth-order valence-electron chi connectivity index (χ4n) is 2.49. The molecule has 0 radical (unpaired) electrons. The van der Waals surface area contributed by atoms with Crippen molar-refractivity contribution in [3.05, 3.63) is 59.7 Å². The van der Waals surface area contributed by atoms with Crippen molar-refractivity contribution in [2.45, 2.75) is 11.3 Å². The van der Waals surface area contributed by atoms with Gasteiger partial charge in [0, 0.05) is 12.1 Å². The average molecular weight is 302 g/mol. The van der Waals surface area contributed by atoms with Crippen LogP contribution in [0.1, 0.15) is 15.9 Å². The highest BCUT2D eigenvalue weighted by atomic mass is 32.2. The molecular formula is C15H14N2O3S. The molecule has 0 aromatic heterocycles. The first-order valence-corrected chi connectivity index (χ1v) is 7.94. The lowest BCUT2D eigenvalue weighted by Gasteiger charge is -2.19. The highest BCUT2D eigenvalue weighted by Crippen LogP contribution is 2.33. The van der Waals surface area contributed by atoms with Gasteiger partial charge in [0.2, 0.25) is 5.91 Å². The third-order valence-corrected chi connectivity index (χ3v) is 5.38. The molecule has 2 aromatic carbocycles. The molecule has 1 amide bonds. The number of nitrogens with two attached hydrogens (primary N) is 1. The number of primary amides is 1. The van der Waals surface area contributed by atoms with Gasteiger partial charge in [-0.3, -0.25) is 9.10 Å². The van der Waals surface area contributed by atoms with Crippen LogP contribution in [0.3, 0.4) is 0 Å². The van der Waals surface area contributed by atoms with Crippen LogP contribution in [-0.4, -0.2) is 20.9 Å². The normalized spacial score (nSPS) is 14.0. The summed E-state index contributed by atoms with van der Waals surface area (Å²) in [6.07, 6.45) is 0.572. The summed E-state index contributed by atoms with van der Waals surface area (Å²) in [6, 6.07) is 13.2. The Morgan fingerprint density at radius 2 is 1.81 bits per heavy atom. The van der Waals surface area contributed by atoms with E-state index in [9.17, 15) is 13.2 Å². The van der Waals surface area contributed by atoms with E-state index in [-0.39, 0.29) is 4.90 Å². The largest absolute Gasteiger partial charge is 0.366 e. The van der Waals surface area contributed by atoms with Crippen molar-refractivity contribution in [1.29, 1.82) is 0 Å². The van der Waals surface area contributed by atoms with Crippen LogP contribution < -0.4 is 10.0 Å². The van der Waals surface area contributed by atoms with Crippen LogP contribution in [0.15, 0.2) is 53.4 Å². The molecule has 21 heavy (non-hydrogen) atoms. The van der Waals surface area contributed by atoms with Crippen LogP contribution in [0, 0.1) is 0 Å². The molecule has 2 aromatic rings. The number of sulfonamides is 1. The lowest BCUT2D eigenvalue weighted by atomic mass is 10.1. The molecule has 0 unspecified atom stereocenters. The molecule has 108 valence electrons. The maximum absolute atomic E-state index is 12.7. The number of carbonyl (C=O) groups is 1. The number of hydrogen-bond acceptors (Lipinski definition) is 3. The summed E-state index contributed by atoms with van der Waals surface area (Å²) in [7, 11) is -3.57. The highest BCUT2D eigenvalue weighted by molar-refractivity contribution is 7.92. The molecule has 0 fully saturated rings. The quantitative estimate of drug-likeness (QED) is 0.933. The van der Waals surface area contributed by atoms with Gasteiger partial charge >= 0.3 is 0 Å². The minimum absolute atomic E-state index is 0.261. The van der Waals surface area contributed by atoms with Gasteiger partial charge in [-0.2, -0.15) is 0 Å². The van der Waals surface area contributed by atoms with E-state index in [1.807, 2.05) is 0 Å². The van der Waals surface area contributed by atoms with Crippen molar-refractivity contribution in [2.75, 3.05) is 10.8 Å². The summed E-state index contributed by atoms with van der Waals surface area (Å²) in [5.41, 5.74) is 7.08. The topological polar surface area (TPSA) is 80.5 Å². The van der Waals surface area contributed by atoms with E-state index in [1.165, 1.54) is 4.31 Å². The second kappa shape index (κ2) is 4.89. The van der Waals surface area contributed by atoms with Gasteiger partial charge in [-0.25, -0.2) is 8.42 Å². The second-order valence-electron chi connectivity index (χ2n) is 4.85. The number of fused-ring (bicyclic) bond motifs is 1. The Labute approximate surface area is 123 Å². The van der Waals surface area contributed by atoms with Gasteiger partial charge in [-0.1, -0.05) is 18.2 Å². The van der Waals surface area contributed by atoms with Crippen molar-refractivity contribution in [3.8, 4) is 0 Å². The number of carbonyl (C=O) groups excluding carboxylic acids is 1. The first-order chi connectivity index (χ1) is 10.00. The maximum Gasteiger partial charge on any atom is 0.264 e. The molecule has 0 atom stereocenters.